The highest BCUT2D eigenvalue weighted by Gasteiger charge is 2.34. The molecule has 0 N–H and O–H groups in total. The fraction of sp³-hybridized carbons (Fsp3) is 0.619. The number of nitrogens with zero attached hydrogens (tertiary/aromatic N) is 4. The molecule has 2 aromatic heterocycles. The van der Waals surface area contributed by atoms with Gasteiger partial charge >= 0.3 is 0 Å². The van der Waals surface area contributed by atoms with Gasteiger partial charge < -0.3 is 9.42 Å². The van der Waals surface area contributed by atoms with Gasteiger partial charge in [-0.05, 0) is 63.4 Å². The molecule has 0 radical (unpaired) electrons. The molecule has 2 aliphatic carbocycles. The van der Waals surface area contributed by atoms with Crippen molar-refractivity contribution in [1.29, 1.82) is 0 Å². The van der Waals surface area contributed by atoms with Crippen LogP contribution in [0, 0.1) is 0 Å². The van der Waals surface area contributed by atoms with E-state index >= 15 is 0 Å². The Balaban J connectivity index is 1.38. The van der Waals surface area contributed by atoms with Crippen molar-refractivity contribution in [2.75, 3.05) is 6.54 Å². The van der Waals surface area contributed by atoms with Crippen molar-refractivity contribution >= 4 is 5.91 Å². The van der Waals surface area contributed by atoms with Gasteiger partial charge in [0.05, 0.1) is 18.3 Å². The molecule has 0 aromatic carbocycles. The highest BCUT2D eigenvalue weighted by atomic mass is 16.5. The molecule has 28 heavy (non-hydrogen) atoms. The number of aromatic nitrogens is 3. The molecule has 5 rings (SSSR count). The minimum Gasteiger partial charge on any atom is -0.360 e. The standard InChI is InChI=1S/C21H26N4O3/c26-19-12-14-6-1-3-9-17(14)22-25(19)13-15-7-5-11-24(15)21(27)20-16-8-2-4-10-18(16)28-23-20/h12,15H,1-11,13H2. The number of likely N-dealkylation sites (tertiary alicyclic amines) is 1. The number of rotatable bonds is 3. The topological polar surface area (TPSA) is 81.2 Å². The van der Waals surface area contributed by atoms with Gasteiger partial charge in [0.2, 0.25) is 0 Å². The summed E-state index contributed by atoms with van der Waals surface area (Å²) in [6, 6.07) is 1.73. The van der Waals surface area contributed by atoms with Crippen LogP contribution in [-0.2, 0) is 32.2 Å². The summed E-state index contributed by atoms with van der Waals surface area (Å²) < 4.78 is 7.01. The van der Waals surface area contributed by atoms with Crippen LogP contribution in [0.1, 0.15) is 71.6 Å². The van der Waals surface area contributed by atoms with E-state index in [1.807, 2.05) is 4.90 Å². The lowest BCUT2D eigenvalue weighted by molar-refractivity contribution is 0.0708. The lowest BCUT2D eigenvalue weighted by Crippen LogP contribution is -2.41. The summed E-state index contributed by atoms with van der Waals surface area (Å²) in [4.78, 5) is 27.6. The number of hydrogen-bond acceptors (Lipinski definition) is 5. The third-order valence-corrected chi connectivity index (χ3v) is 6.45. The van der Waals surface area contributed by atoms with Gasteiger partial charge in [-0.2, -0.15) is 5.10 Å². The molecule has 1 fully saturated rings. The van der Waals surface area contributed by atoms with E-state index in [1.54, 1.807) is 10.7 Å². The fourth-order valence-corrected chi connectivity index (χ4v) is 4.91. The monoisotopic (exact) mass is 382 g/mol. The van der Waals surface area contributed by atoms with E-state index in [0.717, 1.165) is 86.8 Å². The Morgan fingerprint density at radius 1 is 1.11 bits per heavy atom. The van der Waals surface area contributed by atoms with E-state index in [-0.39, 0.29) is 17.5 Å². The minimum absolute atomic E-state index is 0.0183. The molecular formula is C21H26N4O3. The molecule has 1 unspecified atom stereocenters. The van der Waals surface area contributed by atoms with Crippen LogP contribution in [-0.4, -0.2) is 38.3 Å². The summed E-state index contributed by atoms with van der Waals surface area (Å²) >= 11 is 0. The van der Waals surface area contributed by atoms with E-state index in [9.17, 15) is 9.59 Å². The first kappa shape index (κ1) is 17.6. The first-order chi connectivity index (χ1) is 13.7. The maximum absolute atomic E-state index is 13.2. The maximum Gasteiger partial charge on any atom is 0.276 e. The summed E-state index contributed by atoms with van der Waals surface area (Å²) in [7, 11) is 0. The lowest BCUT2D eigenvalue weighted by Gasteiger charge is -2.25. The van der Waals surface area contributed by atoms with E-state index < -0.39 is 0 Å². The van der Waals surface area contributed by atoms with Crippen molar-refractivity contribution in [3.8, 4) is 0 Å². The van der Waals surface area contributed by atoms with Crippen molar-refractivity contribution in [1.82, 2.24) is 19.8 Å². The fourth-order valence-electron chi connectivity index (χ4n) is 4.91. The summed E-state index contributed by atoms with van der Waals surface area (Å²) in [5, 5.41) is 8.74. The largest absolute Gasteiger partial charge is 0.360 e. The molecular weight excluding hydrogens is 356 g/mol. The molecule has 0 bridgehead atoms. The summed E-state index contributed by atoms with van der Waals surface area (Å²) in [5.41, 5.74) is 3.56. The van der Waals surface area contributed by atoms with Crippen LogP contribution in [0.25, 0.3) is 0 Å². The number of carbonyl (C=O) groups excluding carboxylic acids is 1. The average Bonchev–Trinajstić information content (AvgIpc) is 3.35. The van der Waals surface area contributed by atoms with Crippen molar-refractivity contribution in [3.05, 3.63) is 44.7 Å². The van der Waals surface area contributed by atoms with Crippen LogP contribution < -0.4 is 5.56 Å². The Morgan fingerprint density at radius 3 is 2.86 bits per heavy atom. The first-order valence-corrected chi connectivity index (χ1v) is 10.6. The molecule has 7 nitrogen and oxygen atoms in total. The number of amides is 1. The quantitative estimate of drug-likeness (QED) is 0.814. The Hall–Kier alpha value is -2.44. The Labute approximate surface area is 163 Å². The van der Waals surface area contributed by atoms with E-state index in [0.29, 0.717) is 18.8 Å². The minimum atomic E-state index is -0.0567. The second-order valence-corrected chi connectivity index (χ2v) is 8.28. The SMILES string of the molecule is O=C(c1noc2c1CCCC2)N1CCCC1Cn1nc2c(cc1=O)CCCC2. The zero-order chi connectivity index (χ0) is 19.1. The molecule has 1 aliphatic heterocycles. The maximum atomic E-state index is 13.2. The molecule has 2 aromatic rings. The zero-order valence-corrected chi connectivity index (χ0v) is 16.2. The normalized spacial score (nSPS) is 21.4. The Kier molecular flexibility index (Phi) is 4.53. The average molecular weight is 382 g/mol. The second-order valence-electron chi connectivity index (χ2n) is 8.28. The molecule has 3 heterocycles. The van der Waals surface area contributed by atoms with Crippen molar-refractivity contribution in [2.24, 2.45) is 0 Å². The third-order valence-electron chi connectivity index (χ3n) is 6.45. The lowest BCUT2D eigenvalue weighted by atomic mass is 9.96. The Morgan fingerprint density at radius 2 is 1.93 bits per heavy atom. The van der Waals surface area contributed by atoms with Crippen molar-refractivity contribution < 1.29 is 9.32 Å². The number of fused-ring (bicyclic) bond motifs is 2. The van der Waals surface area contributed by atoms with Crippen LogP contribution in [0.2, 0.25) is 0 Å². The van der Waals surface area contributed by atoms with Crippen molar-refractivity contribution in [3.63, 3.8) is 0 Å². The third kappa shape index (κ3) is 3.06. The molecule has 148 valence electrons. The summed E-state index contributed by atoms with van der Waals surface area (Å²) in [5.74, 6) is 0.818. The smallest absolute Gasteiger partial charge is 0.276 e. The van der Waals surface area contributed by atoms with Gasteiger partial charge in [0, 0.05) is 24.6 Å². The molecule has 3 aliphatic rings. The number of carbonyl (C=O) groups is 1. The first-order valence-electron chi connectivity index (χ1n) is 10.6. The van der Waals surface area contributed by atoms with Crippen molar-refractivity contribution in [2.45, 2.75) is 76.8 Å². The summed E-state index contributed by atoms with van der Waals surface area (Å²) in [6.45, 7) is 1.16. The van der Waals surface area contributed by atoms with E-state index in [1.165, 1.54) is 0 Å². The molecule has 0 spiro atoms. The predicted molar refractivity (Wildman–Crippen MR) is 102 cm³/mol. The van der Waals surface area contributed by atoms with Crippen LogP contribution in [0.3, 0.4) is 0 Å². The molecule has 1 saturated heterocycles. The summed E-state index contributed by atoms with van der Waals surface area (Å²) in [6.07, 6.45) is 9.87. The van der Waals surface area contributed by atoms with Gasteiger partial charge in [-0.3, -0.25) is 9.59 Å². The highest BCUT2D eigenvalue weighted by Crippen LogP contribution is 2.28. The van der Waals surface area contributed by atoms with Gasteiger partial charge in [-0.15, -0.1) is 0 Å². The van der Waals surface area contributed by atoms with Gasteiger partial charge in [-0.25, -0.2) is 4.68 Å². The van der Waals surface area contributed by atoms with Gasteiger partial charge in [-0.1, -0.05) is 5.16 Å². The van der Waals surface area contributed by atoms with Crippen LogP contribution in [0.5, 0.6) is 0 Å². The highest BCUT2D eigenvalue weighted by molar-refractivity contribution is 5.94. The Bertz CT molecular complexity index is 961. The van der Waals surface area contributed by atoms with Crippen LogP contribution in [0.4, 0.5) is 0 Å². The zero-order valence-electron chi connectivity index (χ0n) is 16.2. The van der Waals surface area contributed by atoms with Crippen LogP contribution in [0.15, 0.2) is 15.4 Å². The molecule has 0 saturated carbocycles. The molecule has 1 atom stereocenters. The van der Waals surface area contributed by atoms with Gasteiger partial charge in [0.25, 0.3) is 11.5 Å². The number of hydrogen-bond donors (Lipinski definition) is 0. The van der Waals surface area contributed by atoms with Gasteiger partial charge in [0.1, 0.15) is 5.76 Å². The van der Waals surface area contributed by atoms with Gasteiger partial charge in [0.15, 0.2) is 5.69 Å². The second kappa shape index (κ2) is 7.18. The molecule has 7 heteroatoms. The van der Waals surface area contributed by atoms with E-state index in [2.05, 4.69) is 10.3 Å². The van der Waals surface area contributed by atoms with Crippen LogP contribution >= 0.6 is 0 Å². The predicted octanol–water partition coefficient (Wildman–Crippen LogP) is 2.29. The van der Waals surface area contributed by atoms with E-state index in [4.69, 9.17) is 4.52 Å². The molecule has 1 amide bonds. The number of aryl methyl sites for hydroxylation is 3.